The lowest BCUT2D eigenvalue weighted by Gasteiger charge is -2.36. The molecule has 1 aliphatic heterocycles. The van der Waals surface area contributed by atoms with Gasteiger partial charge in [-0.25, -0.2) is 0 Å². The standard InChI is InChI=1S/C20H34N6O.HI/c1-5-21-20(22-9-8-18-7-6-17(4)23-14-18)26-12-10-25(11-13-26)15-19(27)24-16(2)3;/h6-7,14,16H,5,8-13,15H2,1-4H3,(H,21,22)(H,24,27);1H. The zero-order valence-electron chi connectivity index (χ0n) is 17.6. The number of hydrogen-bond acceptors (Lipinski definition) is 4. The number of piperazine rings is 1. The summed E-state index contributed by atoms with van der Waals surface area (Å²) in [5.74, 6) is 1.06. The van der Waals surface area contributed by atoms with Gasteiger partial charge in [-0.2, -0.15) is 0 Å². The Morgan fingerprint density at radius 1 is 1.25 bits per heavy atom. The highest BCUT2D eigenvalue weighted by Crippen LogP contribution is 2.04. The first-order valence-corrected chi connectivity index (χ1v) is 9.94. The minimum atomic E-state index is 0. The largest absolute Gasteiger partial charge is 0.357 e. The lowest BCUT2D eigenvalue weighted by molar-refractivity contribution is -0.123. The SMILES string of the molecule is CCNC(=NCCc1ccc(C)nc1)N1CCN(CC(=O)NC(C)C)CC1.I. The Hall–Kier alpha value is -1.42. The first kappa shape index (κ1) is 24.6. The molecule has 7 nitrogen and oxygen atoms in total. The van der Waals surface area contributed by atoms with Crippen molar-refractivity contribution >= 4 is 35.8 Å². The molecule has 2 N–H and O–H groups in total. The molecule has 0 unspecified atom stereocenters. The van der Waals surface area contributed by atoms with Crippen LogP contribution < -0.4 is 10.6 Å². The molecule has 158 valence electrons. The smallest absolute Gasteiger partial charge is 0.234 e. The quantitative estimate of drug-likeness (QED) is 0.337. The van der Waals surface area contributed by atoms with Gasteiger partial charge in [0.2, 0.25) is 5.91 Å². The summed E-state index contributed by atoms with van der Waals surface area (Å²) in [4.78, 5) is 25.5. The number of nitrogens with one attached hydrogen (secondary N) is 2. The fourth-order valence-corrected chi connectivity index (χ4v) is 3.05. The predicted molar refractivity (Wildman–Crippen MR) is 125 cm³/mol. The van der Waals surface area contributed by atoms with E-state index in [1.54, 1.807) is 0 Å². The van der Waals surface area contributed by atoms with Gasteiger partial charge in [-0.15, -0.1) is 24.0 Å². The molecule has 0 aliphatic carbocycles. The third kappa shape index (κ3) is 8.72. The molecule has 8 heteroatoms. The van der Waals surface area contributed by atoms with Crippen molar-refractivity contribution < 1.29 is 4.79 Å². The van der Waals surface area contributed by atoms with E-state index in [0.717, 1.165) is 57.3 Å². The molecule has 2 heterocycles. The van der Waals surface area contributed by atoms with Gasteiger partial charge in [-0.3, -0.25) is 19.7 Å². The summed E-state index contributed by atoms with van der Waals surface area (Å²) in [6.45, 7) is 13.6. The van der Waals surface area contributed by atoms with Crippen molar-refractivity contribution in [1.82, 2.24) is 25.4 Å². The fourth-order valence-electron chi connectivity index (χ4n) is 3.05. The Morgan fingerprint density at radius 3 is 2.54 bits per heavy atom. The van der Waals surface area contributed by atoms with E-state index in [1.165, 1.54) is 5.56 Å². The summed E-state index contributed by atoms with van der Waals surface area (Å²) in [6, 6.07) is 4.35. The van der Waals surface area contributed by atoms with E-state index in [2.05, 4.69) is 38.4 Å². The number of nitrogens with zero attached hydrogens (tertiary/aromatic N) is 4. The van der Waals surface area contributed by atoms with E-state index in [0.29, 0.717) is 6.54 Å². The first-order valence-electron chi connectivity index (χ1n) is 9.94. The molecule has 0 saturated carbocycles. The summed E-state index contributed by atoms with van der Waals surface area (Å²) >= 11 is 0. The van der Waals surface area contributed by atoms with Crippen molar-refractivity contribution in [2.45, 2.75) is 40.2 Å². The Bertz CT molecular complexity index is 612. The highest BCUT2D eigenvalue weighted by molar-refractivity contribution is 14.0. The zero-order chi connectivity index (χ0) is 19.6. The van der Waals surface area contributed by atoms with E-state index in [1.807, 2.05) is 33.0 Å². The third-order valence-corrected chi connectivity index (χ3v) is 4.46. The van der Waals surface area contributed by atoms with E-state index in [9.17, 15) is 4.79 Å². The van der Waals surface area contributed by atoms with Crippen molar-refractivity contribution in [2.24, 2.45) is 4.99 Å². The Balaban J connectivity index is 0.00000392. The van der Waals surface area contributed by atoms with Gasteiger partial charge >= 0.3 is 0 Å². The average Bonchev–Trinajstić information content (AvgIpc) is 2.62. The van der Waals surface area contributed by atoms with Crippen LogP contribution >= 0.6 is 24.0 Å². The number of aromatic nitrogens is 1. The Morgan fingerprint density at radius 2 is 1.96 bits per heavy atom. The second-order valence-corrected chi connectivity index (χ2v) is 7.28. The monoisotopic (exact) mass is 502 g/mol. The van der Waals surface area contributed by atoms with Gasteiger partial charge in [0.15, 0.2) is 5.96 Å². The zero-order valence-corrected chi connectivity index (χ0v) is 19.9. The fraction of sp³-hybridized carbons (Fsp3) is 0.650. The lowest BCUT2D eigenvalue weighted by atomic mass is 10.2. The summed E-state index contributed by atoms with van der Waals surface area (Å²) in [7, 11) is 0. The number of pyridine rings is 1. The van der Waals surface area contributed by atoms with Crippen molar-refractivity contribution in [3.63, 3.8) is 0 Å². The van der Waals surface area contributed by atoms with Crippen LogP contribution in [0, 0.1) is 6.92 Å². The third-order valence-electron chi connectivity index (χ3n) is 4.46. The molecule has 0 radical (unpaired) electrons. The Kier molecular flexibility index (Phi) is 11.4. The molecular weight excluding hydrogens is 467 g/mol. The molecule has 1 amide bonds. The van der Waals surface area contributed by atoms with Crippen LogP contribution in [-0.4, -0.2) is 78.5 Å². The van der Waals surface area contributed by atoms with Crippen LogP contribution in [0.3, 0.4) is 0 Å². The van der Waals surface area contributed by atoms with Gasteiger partial charge in [0, 0.05) is 57.2 Å². The second-order valence-electron chi connectivity index (χ2n) is 7.28. The number of aryl methyl sites for hydroxylation is 1. The molecule has 0 atom stereocenters. The molecule has 1 aliphatic rings. The van der Waals surface area contributed by atoms with Gasteiger partial charge in [0.1, 0.15) is 0 Å². The molecule has 1 fully saturated rings. The number of amides is 1. The minimum Gasteiger partial charge on any atom is -0.357 e. The highest BCUT2D eigenvalue weighted by Gasteiger charge is 2.21. The molecule has 28 heavy (non-hydrogen) atoms. The number of halogens is 1. The maximum atomic E-state index is 11.9. The highest BCUT2D eigenvalue weighted by atomic mass is 127. The van der Waals surface area contributed by atoms with E-state index in [4.69, 9.17) is 4.99 Å². The van der Waals surface area contributed by atoms with Gasteiger partial charge in [-0.05, 0) is 45.7 Å². The number of rotatable bonds is 7. The van der Waals surface area contributed by atoms with Gasteiger partial charge in [0.05, 0.1) is 6.54 Å². The van der Waals surface area contributed by atoms with Crippen LogP contribution in [0.25, 0.3) is 0 Å². The van der Waals surface area contributed by atoms with Crippen LogP contribution in [0.5, 0.6) is 0 Å². The number of guanidine groups is 1. The maximum Gasteiger partial charge on any atom is 0.234 e. The molecule has 0 spiro atoms. The number of hydrogen-bond donors (Lipinski definition) is 2. The van der Waals surface area contributed by atoms with Crippen molar-refractivity contribution in [3.8, 4) is 0 Å². The summed E-state index contributed by atoms with van der Waals surface area (Å²) in [6.07, 6.45) is 2.82. The summed E-state index contributed by atoms with van der Waals surface area (Å²) in [5, 5.41) is 6.35. The van der Waals surface area contributed by atoms with Crippen LogP contribution in [0.2, 0.25) is 0 Å². The van der Waals surface area contributed by atoms with Gasteiger partial charge < -0.3 is 15.5 Å². The van der Waals surface area contributed by atoms with Crippen molar-refractivity contribution in [3.05, 3.63) is 29.6 Å². The van der Waals surface area contributed by atoms with Crippen LogP contribution in [0.1, 0.15) is 32.0 Å². The number of carbonyl (C=O) groups is 1. The van der Waals surface area contributed by atoms with Crippen LogP contribution in [-0.2, 0) is 11.2 Å². The predicted octanol–water partition coefficient (Wildman–Crippen LogP) is 1.66. The van der Waals surface area contributed by atoms with Crippen LogP contribution in [0.4, 0.5) is 0 Å². The molecule has 1 aromatic rings. The first-order chi connectivity index (χ1) is 13.0. The summed E-state index contributed by atoms with van der Waals surface area (Å²) < 4.78 is 0. The maximum absolute atomic E-state index is 11.9. The number of carbonyl (C=O) groups excluding carboxylic acids is 1. The average molecular weight is 502 g/mol. The van der Waals surface area contributed by atoms with E-state index in [-0.39, 0.29) is 35.9 Å². The van der Waals surface area contributed by atoms with Crippen molar-refractivity contribution in [1.29, 1.82) is 0 Å². The van der Waals surface area contributed by atoms with Gasteiger partial charge in [0.25, 0.3) is 0 Å². The van der Waals surface area contributed by atoms with E-state index < -0.39 is 0 Å². The summed E-state index contributed by atoms with van der Waals surface area (Å²) in [5.41, 5.74) is 2.25. The second kappa shape index (κ2) is 12.9. The molecule has 1 aromatic heterocycles. The number of aliphatic imine (C=N–C) groups is 1. The Labute approximate surface area is 186 Å². The lowest BCUT2D eigenvalue weighted by Crippen LogP contribution is -2.54. The van der Waals surface area contributed by atoms with Crippen LogP contribution in [0.15, 0.2) is 23.3 Å². The normalized spacial score (nSPS) is 15.3. The van der Waals surface area contributed by atoms with Crippen molar-refractivity contribution in [2.75, 3.05) is 45.8 Å². The van der Waals surface area contributed by atoms with E-state index >= 15 is 0 Å². The molecule has 0 aromatic carbocycles. The molecule has 2 rings (SSSR count). The molecular formula is C20H35IN6O. The topological polar surface area (TPSA) is 72.9 Å². The minimum absolute atomic E-state index is 0. The molecule has 1 saturated heterocycles. The van der Waals surface area contributed by atoms with Gasteiger partial charge in [-0.1, -0.05) is 6.07 Å². The molecule has 0 bridgehead atoms.